The molecule has 1 amide bonds. The number of benzene rings is 1. The van der Waals surface area contributed by atoms with Crippen molar-refractivity contribution in [1.29, 1.82) is 0 Å². The first-order chi connectivity index (χ1) is 8.58. The molecule has 1 aromatic rings. The molecule has 2 atom stereocenters. The number of amides is 1. The van der Waals surface area contributed by atoms with Gasteiger partial charge < -0.3 is 5.32 Å². The highest BCUT2D eigenvalue weighted by atomic mass is 32.2. The number of hydrogen-bond donors (Lipinski definition) is 1. The van der Waals surface area contributed by atoms with Crippen LogP contribution in [0, 0.1) is 0 Å². The van der Waals surface area contributed by atoms with Crippen molar-refractivity contribution in [2.24, 2.45) is 0 Å². The average molecular weight is 265 g/mol. The minimum absolute atomic E-state index is 0.00967. The maximum Gasteiger partial charge on any atom is 0.240 e. The lowest BCUT2D eigenvalue weighted by Crippen LogP contribution is -2.36. The standard InChI is InChI=1S/C13H15NO3S/c1-3-10(15)8-5-6-12-9(7-8)14-13(16)11(4-2)18(12)17/h5-7,11H,3-4H2,1-2H3,(H,14,16). The van der Waals surface area contributed by atoms with E-state index < -0.39 is 16.0 Å². The second-order valence-corrected chi connectivity index (χ2v) is 5.77. The Morgan fingerprint density at radius 2 is 2.11 bits per heavy atom. The van der Waals surface area contributed by atoms with Crippen molar-refractivity contribution in [3.05, 3.63) is 23.8 Å². The third-order valence-corrected chi connectivity index (χ3v) is 4.87. The molecule has 0 saturated carbocycles. The molecule has 96 valence electrons. The Balaban J connectivity index is 2.44. The molecular formula is C13H15NO3S. The average Bonchev–Trinajstić information content (AvgIpc) is 2.37. The predicted octanol–water partition coefficient (Wildman–Crippen LogP) is 2.12. The van der Waals surface area contributed by atoms with Gasteiger partial charge in [-0.2, -0.15) is 0 Å². The zero-order chi connectivity index (χ0) is 13.3. The highest BCUT2D eigenvalue weighted by Gasteiger charge is 2.31. The zero-order valence-corrected chi connectivity index (χ0v) is 11.2. The van der Waals surface area contributed by atoms with Gasteiger partial charge in [-0.1, -0.05) is 19.9 Å². The Labute approximate surface area is 108 Å². The molecule has 0 bridgehead atoms. The Morgan fingerprint density at radius 1 is 1.39 bits per heavy atom. The summed E-state index contributed by atoms with van der Waals surface area (Å²) in [5, 5.41) is 2.23. The molecule has 1 N–H and O–H groups in total. The Hall–Kier alpha value is -1.49. The molecule has 0 aromatic heterocycles. The second kappa shape index (κ2) is 5.02. The van der Waals surface area contributed by atoms with Gasteiger partial charge in [0.25, 0.3) is 0 Å². The number of ketones is 1. The van der Waals surface area contributed by atoms with Crippen LogP contribution in [0.4, 0.5) is 5.69 Å². The minimum Gasteiger partial charge on any atom is -0.324 e. The molecule has 1 aromatic carbocycles. The topological polar surface area (TPSA) is 63.2 Å². The molecule has 0 radical (unpaired) electrons. The van der Waals surface area contributed by atoms with E-state index in [1.807, 2.05) is 6.92 Å². The number of fused-ring (bicyclic) bond motifs is 1. The SMILES string of the molecule is CCC(=O)c1ccc2c(c1)NC(=O)C(CC)S2=O. The molecule has 0 fully saturated rings. The molecule has 1 aliphatic rings. The van der Waals surface area contributed by atoms with Gasteiger partial charge >= 0.3 is 0 Å². The van der Waals surface area contributed by atoms with Gasteiger partial charge in [0.1, 0.15) is 5.25 Å². The Bertz CT molecular complexity index is 539. The molecule has 2 unspecified atom stereocenters. The molecule has 4 nitrogen and oxygen atoms in total. The van der Waals surface area contributed by atoms with Crippen molar-refractivity contribution in [3.8, 4) is 0 Å². The maximum atomic E-state index is 12.2. The lowest BCUT2D eigenvalue weighted by Gasteiger charge is -2.23. The van der Waals surface area contributed by atoms with Crippen LogP contribution in [0.2, 0.25) is 0 Å². The predicted molar refractivity (Wildman–Crippen MR) is 70.2 cm³/mol. The third kappa shape index (κ3) is 2.10. The molecule has 5 heteroatoms. The fourth-order valence-corrected chi connectivity index (χ4v) is 3.37. The van der Waals surface area contributed by atoms with Crippen LogP contribution in [0.15, 0.2) is 23.1 Å². The Kier molecular flexibility index (Phi) is 3.61. The van der Waals surface area contributed by atoms with Crippen LogP contribution in [0.25, 0.3) is 0 Å². The number of carbonyl (C=O) groups excluding carboxylic acids is 2. The van der Waals surface area contributed by atoms with Crippen LogP contribution < -0.4 is 5.32 Å². The molecular weight excluding hydrogens is 250 g/mol. The summed E-state index contributed by atoms with van der Waals surface area (Å²) in [6.45, 7) is 3.62. The fraction of sp³-hybridized carbons (Fsp3) is 0.385. The number of anilines is 1. The summed E-state index contributed by atoms with van der Waals surface area (Å²) in [6, 6.07) is 4.96. The quantitative estimate of drug-likeness (QED) is 0.851. The summed E-state index contributed by atoms with van der Waals surface area (Å²) in [5.74, 6) is -0.222. The van der Waals surface area contributed by atoms with E-state index in [4.69, 9.17) is 0 Å². The van der Waals surface area contributed by atoms with Crippen LogP contribution in [0.5, 0.6) is 0 Å². The van der Waals surface area contributed by atoms with Gasteiger partial charge in [-0.15, -0.1) is 0 Å². The second-order valence-electron chi connectivity index (χ2n) is 4.17. The van der Waals surface area contributed by atoms with Crippen molar-refractivity contribution in [1.82, 2.24) is 0 Å². The van der Waals surface area contributed by atoms with E-state index in [0.29, 0.717) is 29.0 Å². The van der Waals surface area contributed by atoms with E-state index in [1.165, 1.54) is 0 Å². The van der Waals surface area contributed by atoms with Gasteiger partial charge in [0.2, 0.25) is 5.91 Å². The van der Waals surface area contributed by atoms with Crippen LogP contribution in [-0.2, 0) is 15.6 Å². The van der Waals surface area contributed by atoms with Crippen LogP contribution in [-0.4, -0.2) is 21.1 Å². The summed E-state index contributed by atoms with van der Waals surface area (Å²) < 4.78 is 12.2. The number of hydrogen-bond acceptors (Lipinski definition) is 3. The van der Waals surface area contributed by atoms with Crippen LogP contribution in [0.1, 0.15) is 37.0 Å². The van der Waals surface area contributed by atoms with Crippen molar-refractivity contribution >= 4 is 28.2 Å². The van der Waals surface area contributed by atoms with Gasteiger partial charge in [-0.25, -0.2) is 0 Å². The maximum absolute atomic E-state index is 12.2. The van der Waals surface area contributed by atoms with Gasteiger partial charge in [0.05, 0.1) is 21.4 Å². The highest BCUT2D eigenvalue weighted by molar-refractivity contribution is 7.86. The molecule has 1 heterocycles. The van der Waals surface area contributed by atoms with Crippen LogP contribution in [0.3, 0.4) is 0 Å². The number of Topliss-reactive ketones (excluding diaryl/α,β-unsaturated/α-hetero) is 1. The summed E-state index contributed by atoms with van der Waals surface area (Å²) in [5.41, 5.74) is 1.05. The van der Waals surface area contributed by atoms with Crippen molar-refractivity contribution in [2.45, 2.75) is 36.8 Å². The minimum atomic E-state index is -1.33. The monoisotopic (exact) mass is 265 g/mol. The van der Waals surface area contributed by atoms with Gasteiger partial charge in [0, 0.05) is 12.0 Å². The summed E-state index contributed by atoms with van der Waals surface area (Å²) in [6.07, 6.45) is 0.945. The van der Waals surface area contributed by atoms with Crippen molar-refractivity contribution in [3.63, 3.8) is 0 Å². The molecule has 0 spiro atoms. The number of nitrogens with one attached hydrogen (secondary N) is 1. The Morgan fingerprint density at radius 3 is 2.72 bits per heavy atom. The van der Waals surface area contributed by atoms with Gasteiger partial charge in [-0.3, -0.25) is 13.8 Å². The fourth-order valence-electron chi connectivity index (χ4n) is 1.98. The molecule has 1 aliphatic heterocycles. The van der Waals surface area contributed by atoms with E-state index in [9.17, 15) is 13.8 Å². The number of carbonyl (C=O) groups is 2. The first kappa shape index (κ1) is 13.0. The van der Waals surface area contributed by atoms with E-state index in [-0.39, 0.29) is 11.7 Å². The molecule has 0 saturated heterocycles. The van der Waals surface area contributed by atoms with E-state index in [1.54, 1.807) is 25.1 Å². The summed E-state index contributed by atoms with van der Waals surface area (Å²) >= 11 is 0. The lowest BCUT2D eigenvalue weighted by molar-refractivity contribution is -0.115. The first-order valence-electron chi connectivity index (χ1n) is 5.97. The first-order valence-corrected chi connectivity index (χ1v) is 7.18. The van der Waals surface area contributed by atoms with Gasteiger partial charge in [0.15, 0.2) is 5.78 Å². The molecule has 18 heavy (non-hydrogen) atoms. The van der Waals surface area contributed by atoms with Crippen LogP contribution >= 0.6 is 0 Å². The lowest BCUT2D eigenvalue weighted by atomic mass is 10.1. The normalized spacial score (nSPS) is 22.2. The highest BCUT2D eigenvalue weighted by Crippen LogP contribution is 2.29. The summed E-state index contributed by atoms with van der Waals surface area (Å²) in [4.78, 5) is 24.0. The third-order valence-electron chi connectivity index (χ3n) is 3.02. The largest absolute Gasteiger partial charge is 0.324 e. The zero-order valence-electron chi connectivity index (χ0n) is 10.4. The smallest absolute Gasteiger partial charge is 0.240 e. The van der Waals surface area contributed by atoms with Crippen molar-refractivity contribution in [2.75, 3.05) is 5.32 Å². The van der Waals surface area contributed by atoms with Gasteiger partial charge in [-0.05, 0) is 18.6 Å². The van der Waals surface area contributed by atoms with E-state index in [0.717, 1.165) is 0 Å². The van der Waals surface area contributed by atoms with E-state index in [2.05, 4.69) is 5.32 Å². The van der Waals surface area contributed by atoms with Crippen molar-refractivity contribution < 1.29 is 13.8 Å². The number of rotatable bonds is 3. The molecule has 2 rings (SSSR count). The molecule has 0 aliphatic carbocycles. The summed E-state index contributed by atoms with van der Waals surface area (Å²) in [7, 11) is -1.33. The van der Waals surface area contributed by atoms with E-state index >= 15 is 0 Å².